The minimum Gasteiger partial charge on any atom is -0.456 e. The number of ketones is 1. The Balaban J connectivity index is 2.04. The smallest absolute Gasteiger partial charge is 0.303 e. The standard InChI is InChI=1S/C18H23NO5S/c1-10(20)13-9-12(19-8-6-5-7-14(19)22)15-16(23-11(2)21)18(3,4)25-17(15)24-13/h9,12,16H,5-8H2,1-4H3/t12-,16+/m0/s1. The number of rotatable bonds is 3. The Morgan fingerprint density at radius 2 is 2.04 bits per heavy atom. The highest BCUT2D eigenvalue weighted by Gasteiger charge is 2.51. The van der Waals surface area contributed by atoms with Gasteiger partial charge in [0, 0.05) is 32.4 Å². The molecule has 3 aliphatic heterocycles. The molecule has 6 nitrogen and oxygen atoms in total. The summed E-state index contributed by atoms with van der Waals surface area (Å²) in [5.74, 6) is -0.262. The molecule has 0 aromatic heterocycles. The van der Waals surface area contributed by atoms with Crippen LogP contribution >= 0.6 is 11.8 Å². The molecule has 1 fully saturated rings. The maximum Gasteiger partial charge on any atom is 0.303 e. The summed E-state index contributed by atoms with van der Waals surface area (Å²) >= 11 is 1.44. The number of piperidine rings is 1. The van der Waals surface area contributed by atoms with Gasteiger partial charge in [-0.2, -0.15) is 0 Å². The number of nitrogens with zero attached hydrogens (tertiary/aromatic N) is 1. The fourth-order valence-corrected chi connectivity index (χ4v) is 4.73. The van der Waals surface area contributed by atoms with E-state index in [-0.39, 0.29) is 23.4 Å². The van der Waals surface area contributed by atoms with E-state index < -0.39 is 16.9 Å². The number of carbonyl (C=O) groups is 3. The lowest BCUT2D eigenvalue weighted by atomic mass is 9.90. The molecule has 25 heavy (non-hydrogen) atoms. The van der Waals surface area contributed by atoms with Crippen LogP contribution in [0.5, 0.6) is 0 Å². The third-order valence-corrected chi connectivity index (χ3v) is 5.91. The quantitative estimate of drug-likeness (QED) is 0.716. The molecule has 3 rings (SSSR count). The molecule has 0 aromatic carbocycles. The van der Waals surface area contributed by atoms with Crippen LogP contribution in [0.4, 0.5) is 0 Å². The average molecular weight is 365 g/mol. The number of allylic oxidation sites excluding steroid dienone is 1. The zero-order chi connectivity index (χ0) is 18.4. The molecule has 0 aromatic rings. The maximum absolute atomic E-state index is 12.5. The Hall–Kier alpha value is -1.76. The van der Waals surface area contributed by atoms with Crippen molar-refractivity contribution in [2.24, 2.45) is 0 Å². The first-order chi connectivity index (χ1) is 11.7. The largest absolute Gasteiger partial charge is 0.456 e. The maximum atomic E-state index is 12.5. The average Bonchev–Trinajstić information content (AvgIpc) is 2.76. The van der Waals surface area contributed by atoms with Gasteiger partial charge in [0.05, 0.1) is 10.8 Å². The van der Waals surface area contributed by atoms with Gasteiger partial charge >= 0.3 is 5.97 Å². The van der Waals surface area contributed by atoms with E-state index in [1.165, 1.54) is 25.6 Å². The number of Topliss-reactive ketones (excluding diaryl/α,β-unsaturated/α-hetero) is 1. The molecule has 1 saturated heterocycles. The highest BCUT2D eigenvalue weighted by Crippen LogP contribution is 2.52. The van der Waals surface area contributed by atoms with Gasteiger partial charge in [-0.25, -0.2) is 0 Å². The van der Waals surface area contributed by atoms with Crippen LogP contribution in [0.25, 0.3) is 0 Å². The van der Waals surface area contributed by atoms with E-state index in [0.717, 1.165) is 18.4 Å². The molecule has 2 atom stereocenters. The Labute approximate surface area is 151 Å². The van der Waals surface area contributed by atoms with E-state index in [1.807, 2.05) is 13.8 Å². The molecule has 0 spiro atoms. The summed E-state index contributed by atoms with van der Waals surface area (Å²) in [5, 5.41) is 0.576. The fraction of sp³-hybridized carbons (Fsp3) is 0.611. The Kier molecular flexibility index (Phi) is 4.70. The summed E-state index contributed by atoms with van der Waals surface area (Å²) in [4.78, 5) is 37.8. The second-order valence-corrected chi connectivity index (χ2v) is 8.74. The lowest BCUT2D eigenvalue weighted by Crippen LogP contribution is -2.48. The highest BCUT2D eigenvalue weighted by molar-refractivity contribution is 8.04. The Morgan fingerprint density at radius 1 is 1.32 bits per heavy atom. The molecule has 0 aliphatic carbocycles. The van der Waals surface area contributed by atoms with E-state index in [0.29, 0.717) is 18.1 Å². The fourth-order valence-electron chi connectivity index (χ4n) is 3.49. The van der Waals surface area contributed by atoms with Crippen LogP contribution in [-0.2, 0) is 23.9 Å². The van der Waals surface area contributed by atoms with Crippen LogP contribution in [0.3, 0.4) is 0 Å². The first kappa shape index (κ1) is 18.0. The molecule has 7 heteroatoms. The number of carbonyl (C=O) groups excluding carboxylic acids is 3. The van der Waals surface area contributed by atoms with Crippen molar-refractivity contribution in [2.75, 3.05) is 6.54 Å². The minimum absolute atomic E-state index is 0.0560. The van der Waals surface area contributed by atoms with Gasteiger partial charge in [-0.1, -0.05) is 11.8 Å². The van der Waals surface area contributed by atoms with Crippen molar-refractivity contribution in [1.29, 1.82) is 0 Å². The molecule has 1 amide bonds. The van der Waals surface area contributed by atoms with E-state index in [4.69, 9.17) is 9.47 Å². The number of thioether (sulfide) groups is 1. The molecular weight excluding hydrogens is 342 g/mol. The van der Waals surface area contributed by atoms with Crippen molar-refractivity contribution in [2.45, 2.75) is 63.9 Å². The van der Waals surface area contributed by atoms with Crippen LogP contribution < -0.4 is 0 Å². The van der Waals surface area contributed by atoms with E-state index in [9.17, 15) is 14.4 Å². The number of esters is 1. The summed E-state index contributed by atoms with van der Waals surface area (Å²) in [6.45, 7) is 7.38. The molecular formula is C18H23NO5S. The number of hydrogen-bond donors (Lipinski definition) is 0. The molecule has 0 radical (unpaired) electrons. The van der Waals surface area contributed by atoms with Gasteiger partial charge in [-0.05, 0) is 32.8 Å². The van der Waals surface area contributed by atoms with Crippen LogP contribution in [-0.4, -0.2) is 46.0 Å². The second kappa shape index (κ2) is 6.52. The molecule has 0 saturated carbocycles. The number of amides is 1. The molecule has 0 bridgehead atoms. The molecule has 0 unspecified atom stereocenters. The van der Waals surface area contributed by atoms with Gasteiger partial charge < -0.3 is 14.4 Å². The van der Waals surface area contributed by atoms with Crippen LogP contribution in [0.15, 0.2) is 22.5 Å². The first-order valence-electron chi connectivity index (χ1n) is 8.51. The van der Waals surface area contributed by atoms with E-state index >= 15 is 0 Å². The number of ether oxygens (including phenoxy) is 2. The van der Waals surface area contributed by atoms with Crippen molar-refractivity contribution >= 4 is 29.4 Å². The van der Waals surface area contributed by atoms with Crippen molar-refractivity contribution in [1.82, 2.24) is 4.90 Å². The monoisotopic (exact) mass is 365 g/mol. The molecule has 136 valence electrons. The first-order valence-corrected chi connectivity index (χ1v) is 9.32. The summed E-state index contributed by atoms with van der Waals surface area (Å²) in [6, 6.07) is -0.408. The van der Waals surface area contributed by atoms with Gasteiger partial charge in [-0.3, -0.25) is 14.4 Å². The normalized spacial score (nSPS) is 28.2. The summed E-state index contributed by atoms with van der Waals surface area (Å²) in [6.07, 6.45) is 3.49. The predicted octanol–water partition coefficient (Wildman–Crippen LogP) is 2.54. The third-order valence-electron chi connectivity index (χ3n) is 4.66. The zero-order valence-corrected chi connectivity index (χ0v) is 15.8. The van der Waals surface area contributed by atoms with Gasteiger partial charge in [0.1, 0.15) is 6.10 Å². The Morgan fingerprint density at radius 3 is 2.64 bits per heavy atom. The SMILES string of the molecule is CC(=O)O[C@@H]1C2=C(OC(C(C)=O)=C[C@@H]2N2CCCCC2=O)SC1(C)C. The number of hydrogen-bond acceptors (Lipinski definition) is 6. The van der Waals surface area contributed by atoms with Gasteiger partial charge in [0.25, 0.3) is 0 Å². The van der Waals surface area contributed by atoms with Gasteiger partial charge in [0.2, 0.25) is 5.91 Å². The third kappa shape index (κ3) is 3.34. The van der Waals surface area contributed by atoms with Gasteiger partial charge in [0.15, 0.2) is 16.6 Å². The van der Waals surface area contributed by atoms with Crippen LogP contribution in [0, 0.1) is 0 Å². The molecule has 0 N–H and O–H groups in total. The lowest BCUT2D eigenvalue weighted by Gasteiger charge is -2.38. The predicted molar refractivity (Wildman–Crippen MR) is 93.5 cm³/mol. The van der Waals surface area contributed by atoms with Crippen molar-refractivity contribution in [3.05, 3.63) is 22.5 Å². The topological polar surface area (TPSA) is 72.9 Å². The minimum atomic E-state index is -0.505. The van der Waals surface area contributed by atoms with Crippen LogP contribution in [0.1, 0.15) is 47.0 Å². The number of likely N-dealkylation sites (tertiary alicyclic amines) is 1. The Bertz CT molecular complexity index is 694. The van der Waals surface area contributed by atoms with Crippen LogP contribution in [0.2, 0.25) is 0 Å². The summed E-state index contributed by atoms with van der Waals surface area (Å²) < 4.78 is 11.0. The highest BCUT2D eigenvalue weighted by atomic mass is 32.2. The lowest BCUT2D eigenvalue weighted by molar-refractivity contribution is -0.146. The van der Waals surface area contributed by atoms with Gasteiger partial charge in [-0.15, -0.1) is 0 Å². The van der Waals surface area contributed by atoms with Crippen molar-refractivity contribution < 1.29 is 23.9 Å². The second-order valence-electron chi connectivity index (χ2n) is 7.12. The van der Waals surface area contributed by atoms with E-state index in [1.54, 1.807) is 11.0 Å². The molecule has 3 aliphatic rings. The molecule has 3 heterocycles. The summed E-state index contributed by atoms with van der Waals surface area (Å²) in [5.41, 5.74) is 0.769. The van der Waals surface area contributed by atoms with E-state index in [2.05, 4.69) is 0 Å². The van der Waals surface area contributed by atoms with Crippen molar-refractivity contribution in [3.63, 3.8) is 0 Å². The summed E-state index contributed by atoms with van der Waals surface area (Å²) in [7, 11) is 0. The zero-order valence-electron chi connectivity index (χ0n) is 15.0. The van der Waals surface area contributed by atoms with Crippen molar-refractivity contribution in [3.8, 4) is 0 Å².